The Morgan fingerprint density at radius 3 is 1.72 bits per heavy atom. The fourth-order valence-corrected chi connectivity index (χ4v) is 3.25. The largest absolute Gasteiger partial charge is 0.481 e. The second kappa shape index (κ2) is 16.3. The lowest BCUT2D eigenvalue weighted by molar-refractivity contribution is -0.143. The third-order valence-electron chi connectivity index (χ3n) is 4.98. The van der Waals surface area contributed by atoms with Crippen molar-refractivity contribution >= 4 is 35.6 Å². The minimum Gasteiger partial charge on any atom is -0.481 e. The number of guanidine groups is 1. The molecular formula is C22H41N7O7. The number of carbonyl (C=O) groups excluding carboxylic acids is 3. The third-order valence-corrected chi connectivity index (χ3v) is 4.98. The molecule has 0 aliphatic carbocycles. The lowest BCUT2D eigenvalue weighted by atomic mass is 10.00. The summed E-state index contributed by atoms with van der Waals surface area (Å²) in [6.07, 6.45) is 0.139. The van der Waals surface area contributed by atoms with E-state index in [-0.39, 0.29) is 43.6 Å². The first kappa shape index (κ1) is 32.6. The number of carboxylic acids is 2. The molecule has 0 aromatic carbocycles. The monoisotopic (exact) mass is 515 g/mol. The van der Waals surface area contributed by atoms with Crippen LogP contribution in [0.1, 0.15) is 59.8 Å². The topological polar surface area (TPSA) is 252 Å². The van der Waals surface area contributed by atoms with Crippen LogP contribution in [0.2, 0.25) is 0 Å². The molecule has 206 valence electrons. The van der Waals surface area contributed by atoms with E-state index in [0.29, 0.717) is 6.42 Å². The standard InChI is InChI=1S/C22H41N7O7/c1-11(2)8-14(19(33)29-16(21(35)36)9-12(3)4)28-20(34)15(10-17(30)31)27-18(32)13(23)6-5-7-26-22(24)25/h11-16H,5-10,23H2,1-4H3,(H,27,32)(H,28,34)(H,29,33)(H,30,31)(H,35,36)(H4,24,25,26). The molecule has 11 N–H and O–H groups in total. The first-order valence-corrected chi connectivity index (χ1v) is 11.8. The summed E-state index contributed by atoms with van der Waals surface area (Å²) in [5.74, 6) is -5.14. The number of amides is 3. The van der Waals surface area contributed by atoms with Gasteiger partial charge in [-0.15, -0.1) is 0 Å². The minimum atomic E-state index is -1.51. The Hall–Kier alpha value is -3.42. The number of nitrogens with one attached hydrogen (secondary N) is 3. The molecule has 4 atom stereocenters. The van der Waals surface area contributed by atoms with Gasteiger partial charge in [-0.25, -0.2) is 4.79 Å². The van der Waals surface area contributed by atoms with E-state index < -0.39 is 60.2 Å². The van der Waals surface area contributed by atoms with Crippen molar-refractivity contribution in [2.45, 2.75) is 84.0 Å². The Balaban J connectivity index is 5.43. The number of carbonyl (C=O) groups is 5. The number of aliphatic carboxylic acids is 2. The summed E-state index contributed by atoms with van der Waals surface area (Å²) >= 11 is 0. The molecule has 0 saturated heterocycles. The zero-order chi connectivity index (χ0) is 28.0. The second-order valence-corrected chi connectivity index (χ2v) is 9.43. The van der Waals surface area contributed by atoms with Crippen LogP contribution in [0.5, 0.6) is 0 Å². The normalized spacial score (nSPS) is 14.3. The van der Waals surface area contributed by atoms with E-state index in [0.717, 1.165) is 0 Å². The lowest BCUT2D eigenvalue weighted by Gasteiger charge is -2.26. The average molecular weight is 516 g/mol. The van der Waals surface area contributed by atoms with E-state index in [1.165, 1.54) is 0 Å². The van der Waals surface area contributed by atoms with Gasteiger partial charge in [0.15, 0.2) is 5.96 Å². The summed E-state index contributed by atoms with van der Waals surface area (Å²) in [5, 5.41) is 25.8. The van der Waals surface area contributed by atoms with Gasteiger partial charge in [-0.1, -0.05) is 27.7 Å². The molecule has 0 aliphatic heterocycles. The van der Waals surface area contributed by atoms with Crippen molar-refractivity contribution in [3.63, 3.8) is 0 Å². The van der Waals surface area contributed by atoms with E-state index in [1.807, 2.05) is 0 Å². The van der Waals surface area contributed by atoms with Crippen LogP contribution in [0.3, 0.4) is 0 Å². The Morgan fingerprint density at radius 2 is 1.25 bits per heavy atom. The predicted molar refractivity (Wildman–Crippen MR) is 132 cm³/mol. The number of nitrogens with two attached hydrogens (primary N) is 3. The van der Waals surface area contributed by atoms with Gasteiger partial charge < -0.3 is 43.4 Å². The number of aliphatic imine (C=N–C) groups is 1. The maximum Gasteiger partial charge on any atom is 0.326 e. The van der Waals surface area contributed by atoms with Gasteiger partial charge >= 0.3 is 11.9 Å². The Morgan fingerprint density at radius 1 is 0.778 bits per heavy atom. The van der Waals surface area contributed by atoms with Crippen LogP contribution in [0.25, 0.3) is 0 Å². The molecule has 0 aromatic heterocycles. The summed E-state index contributed by atoms with van der Waals surface area (Å²) in [5.41, 5.74) is 16.3. The van der Waals surface area contributed by atoms with Gasteiger partial charge in [0.25, 0.3) is 0 Å². The molecule has 4 unspecified atom stereocenters. The second-order valence-electron chi connectivity index (χ2n) is 9.43. The van der Waals surface area contributed by atoms with Gasteiger partial charge in [0.1, 0.15) is 18.1 Å². The quantitative estimate of drug-likeness (QED) is 0.0630. The molecule has 3 amide bonds. The number of nitrogens with zero attached hydrogens (tertiary/aromatic N) is 1. The van der Waals surface area contributed by atoms with Crippen molar-refractivity contribution in [2.75, 3.05) is 6.54 Å². The van der Waals surface area contributed by atoms with Crippen molar-refractivity contribution in [3.8, 4) is 0 Å². The Bertz CT molecular complexity index is 798. The van der Waals surface area contributed by atoms with Gasteiger partial charge in [-0.2, -0.15) is 0 Å². The zero-order valence-electron chi connectivity index (χ0n) is 21.3. The van der Waals surface area contributed by atoms with Crippen LogP contribution in [0.15, 0.2) is 4.99 Å². The highest BCUT2D eigenvalue weighted by Crippen LogP contribution is 2.10. The molecule has 14 heteroatoms. The molecule has 0 bridgehead atoms. The summed E-state index contributed by atoms with van der Waals surface area (Å²) in [6.45, 7) is 7.45. The van der Waals surface area contributed by atoms with Crippen LogP contribution in [-0.2, 0) is 24.0 Å². The van der Waals surface area contributed by atoms with Crippen molar-refractivity contribution in [1.29, 1.82) is 0 Å². The number of carboxylic acid groups (broad SMARTS) is 2. The smallest absolute Gasteiger partial charge is 0.326 e. The van der Waals surface area contributed by atoms with Gasteiger partial charge in [-0.3, -0.25) is 24.2 Å². The zero-order valence-corrected chi connectivity index (χ0v) is 21.3. The van der Waals surface area contributed by atoms with E-state index in [9.17, 15) is 34.2 Å². The van der Waals surface area contributed by atoms with Gasteiger partial charge in [0, 0.05) is 6.54 Å². The highest BCUT2D eigenvalue weighted by Gasteiger charge is 2.32. The minimum absolute atomic E-state index is 0.0108. The highest BCUT2D eigenvalue weighted by molar-refractivity contribution is 5.95. The summed E-state index contributed by atoms with van der Waals surface area (Å²) in [6, 6.07) is -4.86. The Labute approximate surface area is 210 Å². The number of hydrogen-bond donors (Lipinski definition) is 8. The van der Waals surface area contributed by atoms with Gasteiger partial charge in [0.2, 0.25) is 17.7 Å². The van der Waals surface area contributed by atoms with Crippen LogP contribution in [0, 0.1) is 11.8 Å². The molecular weight excluding hydrogens is 474 g/mol. The summed E-state index contributed by atoms with van der Waals surface area (Å²) in [7, 11) is 0. The predicted octanol–water partition coefficient (Wildman–Crippen LogP) is -1.53. The fraction of sp³-hybridized carbons (Fsp3) is 0.727. The van der Waals surface area contributed by atoms with Crippen LogP contribution >= 0.6 is 0 Å². The lowest BCUT2D eigenvalue weighted by Crippen LogP contribution is -2.57. The van der Waals surface area contributed by atoms with E-state index in [1.54, 1.807) is 27.7 Å². The molecule has 0 aromatic rings. The number of rotatable bonds is 17. The van der Waals surface area contributed by atoms with Crippen LogP contribution in [-0.4, -0.2) is 76.5 Å². The van der Waals surface area contributed by atoms with Crippen molar-refractivity contribution in [3.05, 3.63) is 0 Å². The van der Waals surface area contributed by atoms with Crippen molar-refractivity contribution < 1.29 is 34.2 Å². The maximum atomic E-state index is 12.9. The third kappa shape index (κ3) is 14.1. The molecule has 36 heavy (non-hydrogen) atoms. The van der Waals surface area contributed by atoms with E-state index in [4.69, 9.17) is 17.2 Å². The molecule has 0 spiro atoms. The first-order valence-electron chi connectivity index (χ1n) is 11.8. The van der Waals surface area contributed by atoms with Crippen molar-refractivity contribution in [2.24, 2.45) is 34.0 Å². The van der Waals surface area contributed by atoms with E-state index >= 15 is 0 Å². The highest BCUT2D eigenvalue weighted by atomic mass is 16.4. The van der Waals surface area contributed by atoms with Crippen LogP contribution < -0.4 is 33.2 Å². The summed E-state index contributed by atoms with van der Waals surface area (Å²) in [4.78, 5) is 64.8. The van der Waals surface area contributed by atoms with Gasteiger partial charge in [-0.05, 0) is 37.5 Å². The molecule has 14 nitrogen and oxygen atoms in total. The molecule has 0 radical (unpaired) electrons. The summed E-state index contributed by atoms with van der Waals surface area (Å²) < 4.78 is 0. The maximum absolute atomic E-state index is 12.9. The molecule has 0 saturated carbocycles. The molecule has 0 heterocycles. The van der Waals surface area contributed by atoms with Crippen molar-refractivity contribution in [1.82, 2.24) is 16.0 Å². The SMILES string of the molecule is CC(C)CC(NC(=O)C(CC(C)C)NC(=O)C(CC(=O)O)NC(=O)C(N)CCCN=C(N)N)C(=O)O. The van der Waals surface area contributed by atoms with Crippen LogP contribution in [0.4, 0.5) is 0 Å². The molecule has 0 aliphatic rings. The van der Waals surface area contributed by atoms with E-state index in [2.05, 4.69) is 20.9 Å². The Kier molecular flexibility index (Phi) is 14.7. The molecule has 0 rings (SSSR count). The first-order chi connectivity index (χ1) is 16.6. The average Bonchev–Trinajstić information content (AvgIpc) is 2.73. The van der Waals surface area contributed by atoms with Gasteiger partial charge in [0.05, 0.1) is 12.5 Å². The molecule has 0 fully saturated rings. The number of hydrogen-bond acceptors (Lipinski definition) is 7. The fourth-order valence-electron chi connectivity index (χ4n) is 3.25.